The molecule has 0 spiro atoms. The van der Waals surface area contributed by atoms with Crippen LogP contribution < -0.4 is 0 Å². The Hall–Kier alpha value is -2.32. The van der Waals surface area contributed by atoms with Gasteiger partial charge in [-0.15, -0.1) is 0 Å². The average Bonchev–Trinajstić information content (AvgIpc) is 2.53. The van der Waals surface area contributed by atoms with Crippen molar-refractivity contribution < 1.29 is 14.7 Å². The molecule has 0 aliphatic carbocycles. The van der Waals surface area contributed by atoms with Gasteiger partial charge in [-0.1, -0.05) is 24.1 Å². The van der Waals surface area contributed by atoms with Crippen molar-refractivity contribution in [2.75, 3.05) is 32.8 Å². The van der Waals surface area contributed by atoms with Crippen LogP contribution in [0.4, 0.5) is 0 Å². The number of carbonyl (C=O) groups excluding carboxylic acids is 2. The van der Waals surface area contributed by atoms with Gasteiger partial charge in [0.25, 0.3) is 5.91 Å². The molecular weight excluding hydrogens is 256 g/mol. The van der Waals surface area contributed by atoms with E-state index < -0.39 is 6.61 Å². The zero-order valence-electron chi connectivity index (χ0n) is 11.1. The lowest BCUT2D eigenvalue weighted by atomic mass is 10.2. The van der Waals surface area contributed by atoms with Crippen molar-refractivity contribution in [3.8, 4) is 11.8 Å². The Morgan fingerprint density at radius 2 is 1.65 bits per heavy atom. The summed E-state index contributed by atoms with van der Waals surface area (Å²) < 4.78 is 0. The maximum atomic E-state index is 11.9. The summed E-state index contributed by atoms with van der Waals surface area (Å²) in [5, 5.41) is 8.78. The molecule has 1 saturated heterocycles. The number of benzene rings is 1. The summed E-state index contributed by atoms with van der Waals surface area (Å²) in [5.74, 6) is 4.91. The number of aliphatic hydroxyl groups is 1. The lowest BCUT2D eigenvalue weighted by Crippen LogP contribution is -2.51. The van der Waals surface area contributed by atoms with Crippen molar-refractivity contribution in [2.45, 2.75) is 0 Å². The highest BCUT2D eigenvalue weighted by molar-refractivity contribution is 5.94. The van der Waals surface area contributed by atoms with E-state index in [1.54, 1.807) is 9.80 Å². The van der Waals surface area contributed by atoms with Crippen molar-refractivity contribution in [1.82, 2.24) is 9.80 Å². The van der Waals surface area contributed by atoms with Crippen molar-refractivity contribution >= 4 is 11.8 Å². The number of aliphatic hydroxyl groups excluding tert-OH is 1. The Kier molecular flexibility index (Phi) is 4.75. The molecule has 1 aromatic rings. The molecule has 1 N–H and O–H groups in total. The lowest BCUT2D eigenvalue weighted by Gasteiger charge is -2.33. The maximum Gasteiger partial charge on any atom is 0.298 e. The Morgan fingerprint density at radius 1 is 1.05 bits per heavy atom. The molecule has 2 rings (SSSR count). The molecule has 1 aliphatic rings. The van der Waals surface area contributed by atoms with Crippen LogP contribution in [0.15, 0.2) is 30.3 Å². The summed E-state index contributed by atoms with van der Waals surface area (Å²) in [6, 6.07) is 9.32. The summed E-state index contributed by atoms with van der Waals surface area (Å²) in [6.45, 7) is 1.31. The Morgan fingerprint density at radius 3 is 2.25 bits per heavy atom. The first-order chi connectivity index (χ1) is 9.70. The van der Waals surface area contributed by atoms with Crippen LogP contribution in [0.2, 0.25) is 0 Å². The topological polar surface area (TPSA) is 60.9 Å². The molecule has 0 saturated carbocycles. The molecule has 5 nitrogen and oxygen atoms in total. The number of carbonyl (C=O) groups is 2. The first kappa shape index (κ1) is 14.1. The minimum Gasteiger partial charge on any atom is -0.387 e. The molecule has 0 radical (unpaired) electrons. The predicted molar refractivity (Wildman–Crippen MR) is 73.6 cm³/mol. The number of nitrogens with zero attached hydrogens (tertiary/aromatic N) is 2. The smallest absolute Gasteiger partial charge is 0.298 e. The van der Waals surface area contributed by atoms with Gasteiger partial charge in [-0.25, -0.2) is 0 Å². The zero-order chi connectivity index (χ0) is 14.4. The highest BCUT2D eigenvalue weighted by Crippen LogP contribution is 2.02. The monoisotopic (exact) mass is 272 g/mol. The molecular formula is C15H16N2O3. The minimum atomic E-state index is -0.484. The van der Waals surface area contributed by atoms with Gasteiger partial charge < -0.3 is 14.9 Å². The molecule has 20 heavy (non-hydrogen) atoms. The number of piperazine rings is 1. The molecule has 1 heterocycles. The van der Waals surface area contributed by atoms with Crippen LogP contribution in [0.25, 0.3) is 0 Å². The van der Waals surface area contributed by atoms with E-state index in [2.05, 4.69) is 11.8 Å². The second-order valence-corrected chi connectivity index (χ2v) is 4.45. The fraction of sp³-hybridized carbons (Fsp3) is 0.333. The molecule has 1 aliphatic heterocycles. The SMILES string of the molecule is O=C(C#Cc1ccccc1)N1CCN(C(=O)CO)CC1. The van der Waals surface area contributed by atoms with Crippen LogP contribution in [-0.2, 0) is 9.59 Å². The fourth-order valence-electron chi connectivity index (χ4n) is 1.99. The molecule has 2 amide bonds. The third-order valence-electron chi connectivity index (χ3n) is 3.14. The minimum absolute atomic E-state index is 0.232. The maximum absolute atomic E-state index is 11.9. The second-order valence-electron chi connectivity index (χ2n) is 4.45. The number of hydrogen-bond donors (Lipinski definition) is 1. The van der Waals surface area contributed by atoms with Crippen LogP contribution in [0, 0.1) is 11.8 Å². The number of rotatable bonds is 1. The van der Waals surface area contributed by atoms with Crippen molar-refractivity contribution in [3.05, 3.63) is 35.9 Å². The summed E-state index contributed by atoms with van der Waals surface area (Å²) >= 11 is 0. The molecule has 1 aromatic carbocycles. The van der Waals surface area contributed by atoms with Gasteiger partial charge in [-0.3, -0.25) is 9.59 Å². The van der Waals surface area contributed by atoms with E-state index in [-0.39, 0.29) is 11.8 Å². The first-order valence-corrected chi connectivity index (χ1v) is 6.45. The van der Waals surface area contributed by atoms with Crippen LogP contribution in [-0.4, -0.2) is 59.5 Å². The Bertz CT molecular complexity index is 537. The van der Waals surface area contributed by atoms with Crippen molar-refractivity contribution in [2.24, 2.45) is 0 Å². The van der Waals surface area contributed by atoms with Crippen LogP contribution in [0.1, 0.15) is 5.56 Å². The Labute approximate surface area is 117 Å². The van der Waals surface area contributed by atoms with Gasteiger partial charge in [0.2, 0.25) is 5.91 Å². The molecule has 1 fully saturated rings. The van der Waals surface area contributed by atoms with Gasteiger partial charge in [0.1, 0.15) is 6.61 Å². The zero-order valence-corrected chi connectivity index (χ0v) is 11.1. The summed E-state index contributed by atoms with van der Waals surface area (Å²) in [7, 11) is 0. The van der Waals surface area contributed by atoms with Gasteiger partial charge in [0.15, 0.2) is 0 Å². The largest absolute Gasteiger partial charge is 0.387 e. The highest BCUT2D eigenvalue weighted by Gasteiger charge is 2.22. The Balaban J connectivity index is 1.90. The fourth-order valence-corrected chi connectivity index (χ4v) is 1.99. The number of hydrogen-bond acceptors (Lipinski definition) is 3. The van der Waals surface area contributed by atoms with Gasteiger partial charge in [0.05, 0.1) is 0 Å². The highest BCUT2D eigenvalue weighted by atomic mass is 16.3. The van der Waals surface area contributed by atoms with Gasteiger partial charge >= 0.3 is 0 Å². The van der Waals surface area contributed by atoms with E-state index in [1.807, 2.05) is 30.3 Å². The van der Waals surface area contributed by atoms with E-state index in [4.69, 9.17) is 5.11 Å². The predicted octanol–water partition coefficient (Wildman–Crippen LogP) is -0.299. The molecule has 5 heteroatoms. The summed E-state index contributed by atoms with van der Waals surface area (Å²) in [4.78, 5) is 26.4. The molecule has 0 aromatic heterocycles. The average molecular weight is 272 g/mol. The van der Waals surface area contributed by atoms with E-state index in [0.29, 0.717) is 26.2 Å². The number of amides is 2. The normalized spacial score (nSPS) is 14.4. The first-order valence-electron chi connectivity index (χ1n) is 6.45. The quantitative estimate of drug-likeness (QED) is 0.714. The molecule has 0 atom stereocenters. The van der Waals surface area contributed by atoms with E-state index in [0.717, 1.165) is 5.56 Å². The summed E-state index contributed by atoms with van der Waals surface area (Å²) in [6.07, 6.45) is 0. The lowest BCUT2D eigenvalue weighted by molar-refractivity contribution is -0.139. The van der Waals surface area contributed by atoms with Gasteiger partial charge in [-0.2, -0.15) is 0 Å². The van der Waals surface area contributed by atoms with E-state index in [9.17, 15) is 9.59 Å². The van der Waals surface area contributed by atoms with Crippen molar-refractivity contribution in [1.29, 1.82) is 0 Å². The second kappa shape index (κ2) is 6.73. The third kappa shape index (κ3) is 3.59. The van der Waals surface area contributed by atoms with Gasteiger partial charge in [-0.05, 0) is 12.1 Å². The standard InChI is InChI=1S/C15H16N2O3/c18-12-15(20)17-10-8-16(9-11-17)14(19)7-6-13-4-2-1-3-5-13/h1-5,18H,8-12H2. The van der Waals surface area contributed by atoms with Crippen LogP contribution in [0.3, 0.4) is 0 Å². The summed E-state index contributed by atoms with van der Waals surface area (Å²) in [5.41, 5.74) is 0.801. The van der Waals surface area contributed by atoms with E-state index >= 15 is 0 Å². The molecule has 104 valence electrons. The molecule has 0 bridgehead atoms. The van der Waals surface area contributed by atoms with Crippen LogP contribution in [0.5, 0.6) is 0 Å². The van der Waals surface area contributed by atoms with Crippen LogP contribution >= 0.6 is 0 Å². The third-order valence-corrected chi connectivity index (χ3v) is 3.14. The van der Waals surface area contributed by atoms with Crippen molar-refractivity contribution in [3.63, 3.8) is 0 Å². The molecule has 0 unspecified atom stereocenters. The van der Waals surface area contributed by atoms with E-state index in [1.165, 1.54) is 0 Å². The van der Waals surface area contributed by atoms with Gasteiger partial charge in [0, 0.05) is 37.7 Å².